The van der Waals surface area contributed by atoms with Crippen molar-refractivity contribution in [2.75, 3.05) is 27.6 Å². The van der Waals surface area contributed by atoms with Crippen LogP contribution in [0, 0.1) is 5.92 Å². The fourth-order valence-electron chi connectivity index (χ4n) is 0.841. The fraction of sp³-hybridized carbons (Fsp3) is 1.00. The van der Waals surface area contributed by atoms with Crippen molar-refractivity contribution < 1.29 is 19.3 Å². The summed E-state index contributed by atoms with van der Waals surface area (Å²) in [5.74, 6) is 0.273. The van der Waals surface area contributed by atoms with E-state index in [-0.39, 0.29) is 5.92 Å². The van der Waals surface area contributed by atoms with Crippen molar-refractivity contribution in [3.63, 3.8) is 0 Å². The Hall–Kier alpha value is -0.160. The van der Waals surface area contributed by atoms with Gasteiger partial charge in [-0.1, -0.05) is 6.92 Å². The molecule has 12 heavy (non-hydrogen) atoms. The van der Waals surface area contributed by atoms with Crippen molar-refractivity contribution in [1.29, 1.82) is 0 Å². The van der Waals surface area contributed by atoms with E-state index in [0.717, 1.165) is 0 Å². The number of hydrogen-bond donors (Lipinski definition) is 1. The first kappa shape index (κ1) is 11.8. The summed E-state index contributed by atoms with van der Waals surface area (Å²) in [5, 5.41) is 9.08. The highest BCUT2D eigenvalue weighted by Gasteiger charge is 2.08. The van der Waals surface area contributed by atoms with Crippen LogP contribution >= 0.6 is 0 Å². The highest BCUT2D eigenvalue weighted by molar-refractivity contribution is 4.52. The monoisotopic (exact) mass is 178 g/mol. The van der Waals surface area contributed by atoms with Crippen molar-refractivity contribution >= 4 is 0 Å². The van der Waals surface area contributed by atoms with Crippen LogP contribution in [0.3, 0.4) is 0 Å². The van der Waals surface area contributed by atoms with Crippen LogP contribution in [-0.4, -0.2) is 39.0 Å². The smallest absolute Gasteiger partial charge is 0.154 e. The Labute approximate surface area is 73.4 Å². The Morgan fingerprint density at radius 1 is 1.33 bits per heavy atom. The molecule has 74 valence electrons. The van der Waals surface area contributed by atoms with Crippen LogP contribution < -0.4 is 0 Å². The molecular weight excluding hydrogens is 160 g/mol. The number of ether oxygens (including phenoxy) is 3. The van der Waals surface area contributed by atoms with Crippen LogP contribution in [-0.2, 0) is 14.2 Å². The predicted molar refractivity (Wildman–Crippen MR) is 44.6 cm³/mol. The standard InChI is InChI=1S/C8H18O4/c1-7(4-8(9)11-3)5-12-6-10-2/h7-9H,4-6H2,1-3H3. The van der Waals surface area contributed by atoms with Crippen LogP contribution in [0.4, 0.5) is 0 Å². The van der Waals surface area contributed by atoms with Gasteiger partial charge in [-0.3, -0.25) is 0 Å². The average Bonchev–Trinajstić information content (AvgIpc) is 2.05. The zero-order chi connectivity index (χ0) is 9.40. The Morgan fingerprint density at radius 2 is 2.00 bits per heavy atom. The van der Waals surface area contributed by atoms with Crippen molar-refractivity contribution in [3.8, 4) is 0 Å². The first-order valence-electron chi connectivity index (χ1n) is 3.98. The second kappa shape index (κ2) is 7.49. The lowest BCUT2D eigenvalue weighted by atomic mass is 10.1. The molecule has 0 saturated carbocycles. The fourth-order valence-corrected chi connectivity index (χ4v) is 0.841. The molecule has 0 radical (unpaired) electrons. The van der Waals surface area contributed by atoms with Gasteiger partial charge in [-0.05, 0) is 5.92 Å². The van der Waals surface area contributed by atoms with Gasteiger partial charge in [-0.2, -0.15) is 0 Å². The maximum absolute atomic E-state index is 9.08. The maximum atomic E-state index is 9.08. The largest absolute Gasteiger partial charge is 0.368 e. The van der Waals surface area contributed by atoms with Gasteiger partial charge in [0.2, 0.25) is 0 Å². The van der Waals surface area contributed by atoms with Crippen LogP contribution in [0.5, 0.6) is 0 Å². The molecule has 2 atom stereocenters. The molecule has 0 amide bonds. The molecule has 0 aliphatic carbocycles. The number of methoxy groups -OCH3 is 2. The molecule has 0 aliphatic heterocycles. The first-order valence-corrected chi connectivity index (χ1v) is 3.98. The summed E-state index contributed by atoms with van der Waals surface area (Å²) in [6.45, 7) is 2.86. The van der Waals surface area contributed by atoms with E-state index in [0.29, 0.717) is 19.8 Å². The third kappa shape index (κ3) is 6.54. The van der Waals surface area contributed by atoms with Crippen molar-refractivity contribution in [2.45, 2.75) is 19.6 Å². The molecule has 0 aromatic carbocycles. The quantitative estimate of drug-likeness (QED) is 0.458. The molecule has 0 aromatic heterocycles. The van der Waals surface area contributed by atoms with Gasteiger partial charge in [0.15, 0.2) is 6.29 Å². The minimum absolute atomic E-state index is 0.273. The molecule has 0 saturated heterocycles. The van der Waals surface area contributed by atoms with E-state index in [4.69, 9.17) is 19.3 Å². The van der Waals surface area contributed by atoms with Crippen molar-refractivity contribution in [3.05, 3.63) is 0 Å². The zero-order valence-electron chi connectivity index (χ0n) is 7.95. The zero-order valence-corrected chi connectivity index (χ0v) is 7.95. The summed E-state index contributed by atoms with van der Waals surface area (Å²) in [5.41, 5.74) is 0. The van der Waals surface area contributed by atoms with Crippen LogP contribution in [0.15, 0.2) is 0 Å². The summed E-state index contributed by atoms with van der Waals surface area (Å²) in [6.07, 6.45) is -0.105. The van der Waals surface area contributed by atoms with E-state index < -0.39 is 6.29 Å². The predicted octanol–water partition coefficient (Wildman–Crippen LogP) is 0.598. The molecular formula is C8H18O4. The highest BCUT2D eigenvalue weighted by Crippen LogP contribution is 2.06. The highest BCUT2D eigenvalue weighted by atomic mass is 16.7. The molecule has 4 nitrogen and oxygen atoms in total. The van der Waals surface area contributed by atoms with Crippen molar-refractivity contribution in [1.82, 2.24) is 0 Å². The minimum atomic E-state index is -0.689. The van der Waals surface area contributed by atoms with Gasteiger partial charge in [0.25, 0.3) is 0 Å². The third-order valence-electron chi connectivity index (χ3n) is 1.48. The SMILES string of the molecule is COCOCC(C)CC(O)OC. The van der Waals surface area contributed by atoms with Crippen LogP contribution in [0.1, 0.15) is 13.3 Å². The molecule has 0 heterocycles. The number of aliphatic hydroxyl groups is 1. The average molecular weight is 178 g/mol. The Kier molecular flexibility index (Phi) is 7.39. The third-order valence-corrected chi connectivity index (χ3v) is 1.48. The van der Waals surface area contributed by atoms with E-state index in [1.807, 2.05) is 6.92 Å². The second-order valence-electron chi connectivity index (χ2n) is 2.81. The van der Waals surface area contributed by atoms with Crippen LogP contribution in [0.25, 0.3) is 0 Å². The van der Waals surface area contributed by atoms with Gasteiger partial charge in [0, 0.05) is 20.6 Å². The molecule has 2 unspecified atom stereocenters. The van der Waals surface area contributed by atoms with Crippen LogP contribution in [0.2, 0.25) is 0 Å². The number of rotatable bonds is 7. The topological polar surface area (TPSA) is 47.9 Å². The molecule has 0 rings (SSSR count). The van der Waals surface area contributed by atoms with E-state index in [1.54, 1.807) is 7.11 Å². The lowest BCUT2D eigenvalue weighted by Crippen LogP contribution is -2.17. The molecule has 0 aliphatic rings. The van der Waals surface area contributed by atoms with E-state index in [9.17, 15) is 0 Å². The molecule has 0 fully saturated rings. The van der Waals surface area contributed by atoms with Gasteiger partial charge < -0.3 is 19.3 Å². The van der Waals surface area contributed by atoms with E-state index in [2.05, 4.69) is 0 Å². The maximum Gasteiger partial charge on any atom is 0.154 e. The minimum Gasteiger partial charge on any atom is -0.368 e. The first-order chi connectivity index (χ1) is 5.70. The summed E-state index contributed by atoms with van der Waals surface area (Å²) in [4.78, 5) is 0. The van der Waals surface area contributed by atoms with E-state index >= 15 is 0 Å². The Bertz CT molecular complexity index is 97.1. The molecule has 0 spiro atoms. The van der Waals surface area contributed by atoms with E-state index in [1.165, 1.54) is 7.11 Å². The summed E-state index contributed by atoms with van der Waals surface area (Å²) < 4.78 is 14.5. The van der Waals surface area contributed by atoms with Crippen molar-refractivity contribution in [2.24, 2.45) is 5.92 Å². The Balaban J connectivity index is 3.26. The number of hydrogen-bond acceptors (Lipinski definition) is 4. The van der Waals surface area contributed by atoms with Gasteiger partial charge >= 0.3 is 0 Å². The number of aliphatic hydroxyl groups excluding tert-OH is 1. The molecule has 0 bridgehead atoms. The molecule has 4 heteroatoms. The molecule has 1 N–H and O–H groups in total. The van der Waals surface area contributed by atoms with Gasteiger partial charge in [0.1, 0.15) is 6.79 Å². The summed E-state index contributed by atoms with van der Waals surface area (Å²) >= 11 is 0. The normalized spacial score (nSPS) is 16.0. The Morgan fingerprint density at radius 3 is 2.50 bits per heavy atom. The lowest BCUT2D eigenvalue weighted by Gasteiger charge is -2.14. The molecule has 0 aromatic rings. The summed E-state index contributed by atoms with van der Waals surface area (Å²) in [7, 11) is 3.06. The second-order valence-corrected chi connectivity index (χ2v) is 2.81. The summed E-state index contributed by atoms with van der Waals surface area (Å²) in [6, 6.07) is 0. The van der Waals surface area contributed by atoms with Gasteiger partial charge in [-0.15, -0.1) is 0 Å². The lowest BCUT2D eigenvalue weighted by molar-refractivity contribution is -0.0994. The van der Waals surface area contributed by atoms with Gasteiger partial charge in [-0.25, -0.2) is 0 Å². The van der Waals surface area contributed by atoms with Gasteiger partial charge in [0.05, 0.1) is 6.61 Å².